The van der Waals surface area contributed by atoms with E-state index in [0.29, 0.717) is 13.1 Å². The lowest BCUT2D eigenvalue weighted by Gasteiger charge is -2.26. The van der Waals surface area contributed by atoms with E-state index in [4.69, 9.17) is 4.74 Å². The zero-order valence-corrected chi connectivity index (χ0v) is 16.9. The predicted molar refractivity (Wildman–Crippen MR) is 104 cm³/mol. The average Bonchev–Trinajstić information content (AvgIpc) is 2.53. The van der Waals surface area contributed by atoms with Crippen LogP contribution < -0.4 is 5.32 Å². The highest BCUT2D eigenvalue weighted by molar-refractivity contribution is 5.79. The van der Waals surface area contributed by atoms with Crippen molar-refractivity contribution < 1.29 is 14.3 Å². The standard InChI is InChI=1S/C20H33N3O3/c1-16(14-23(6)19(25)26-20(2,3)4)18(24)21-12-13-22(5)15-17-10-8-7-9-11-17/h7-11,16H,12-15H2,1-6H3,(H,21,24)/t16-/m0/s1. The molecular formula is C20H33N3O3. The maximum atomic E-state index is 12.2. The number of hydrogen-bond donors (Lipinski definition) is 1. The summed E-state index contributed by atoms with van der Waals surface area (Å²) in [7, 11) is 3.67. The van der Waals surface area contributed by atoms with Crippen LogP contribution in [0.3, 0.4) is 0 Å². The molecule has 0 spiro atoms. The Morgan fingerprint density at radius 1 is 1.15 bits per heavy atom. The van der Waals surface area contributed by atoms with E-state index in [1.807, 2.05) is 52.9 Å². The van der Waals surface area contributed by atoms with Gasteiger partial charge in [-0.25, -0.2) is 4.79 Å². The van der Waals surface area contributed by atoms with Gasteiger partial charge in [0.1, 0.15) is 5.60 Å². The maximum Gasteiger partial charge on any atom is 0.410 e. The number of benzene rings is 1. The zero-order chi connectivity index (χ0) is 19.7. The summed E-state index contributed by atoms with van der Waals surface area (Å²) in [6.45, 7) is 9.76. The van der Waals surface area contributed by atoms with Crippen molar-refractivity contribution in [2.45, 2.75) is 39.8 Å². The van der Waals surface area contributed by atoms with Crippen molar-refractivity contribution in [3.63, 3.8) is 0 Å². The fraction of sp³-hybridized carbons (Fsp3) is 0.600. The Morgan fingerprint density at radius 3 is 2.35 bits per heavy atom. The summed E-state index contributed by atoms with van der Waals surface area (Å²) < 4.78 is 5.30. The molecule has 0 heterocycles. The molecule has 0 aliphatic carbocycles. The maximum absolute atomic E-state index is 12.2. The number of carbonyl (C=O) groups is 2. The molecule has 1 rings (SSSR count). The van der Waals surface area contributed by atoms with Crippen LogP contribution in [-0.2, 0) is 16.1 Å². The Morgan fingerprint density at radius 2 is 1.77 bits per heavy atom. The van der Waals surface area contributed by atoms with Crippen molar-refractivity contribution >= 4 is 12.0 Å². The van der Waals surface area contributed by atoms with Gasteiger partial charge in [-0.05, 0) is 33.4 Å². The van der Waals surface area contributed by atoms with Gasteiger partial charge in [0.15, 0.2) is 0 Å². The van der Waals surface area contributed by atoms with E-state index in [9.17, 15) is 9.59 Å². The summed E-state index contributed by atoms with van der Waals surface area (Å²) in [4.78, 5) is 27.8. The minimum absolute atomic E-state index is 0.0616. The highest BCUT2D eigenvalue weighted by Crippen LogP contribution is 2.10. The lowest BCUT2D eigenvalue weighted by Crippen LogP contribution is -2.42. The summed E-state index contributed by atoms with van der Waals surface area (Å²) in [6, 6.07) is 10.2. The van der Waals surface area contributed by atoms with Crippen molar-refractivity contribution in [1.82, 2.24) is 15.1 Å². The molecular weight excluding hydrogens is 330 g/mol. The van der Waals surface area contributed by atoms with Gasteiger partial charge >= 0.3 is 6.09 Å². The van der Waals surface area contributed by atoms with Gasteiger partial charge in [0.2, 0.25) is 5.91 Å². The second-order valence-electron chi connectivity index (χ2n) is 7.78. The predicted octanol–water partition coefficient (Wildman–Crippen LogP) is 2.74. The first-order valence-electron chi connectivity index (χ1n) is 9.03. The summed E-state index contributed by atoms with van der Waals surface area (Å²) >= 11 is 0. The van der Waals surface area contributed by atoms with E-state index in [2.05, 4.69) is 22.3 Å². The highest BCUT2D eigenvalue weighted by atomic mass is 16.6. The first-order valence-corrected chi connectivity index (χ1v) is 9.03. The Bertz CT molecular complexity index is 569. The first-order chi connectivity index (χ1) is 12.1. The van der Waals surface area contributed by atoms with Crippen molar-refractivity contribution in [2.24, 2.45) is 5.92 Å². The fourth-order valence-electron chi connectivity index (χ4n) is 2.43. The van der Waals surface area contributed by atoms with E-state index < -0.39 is 11.7 Å². The minimum Gasteiger partial charge on any atom is -0.444 e. The molecule has 6 heteroatoms. The Labute approximate surface area is 157 Å². The van der Waals surface area contributed by atoms with E-state index in [1.54, 1.807) is 7.05 Å². The molecule has 0 unspecified atom stereocenters. The Hall–Kier alpha value is -2.08. The second-order valence-corrected chi connectivity index (χ2v) is 7.78. The summed E-state index contributed by atoms with van der Waals surface area (Å²) in [5.74, 6) is -0.361. The molecule has 146 valence electrons. The molecule has 1 aromatic carbocycles. The SMILES string of the molecule is C[C@@H](CN(C)C(=O)OC(C)(C)C)C(=O)NCCN(C)Cc1ccccc1. The number of likely N-dealkylation sites (N-methyl/N-ethyl adjacent to an activating group) is 1. The van der Waals surface area contributed by atoms with Crippen LogP contribution in [0.15, 0.2) is 30.3 Å². The number of amides is 2. The smallest absolute Gasteiger partial charge is 0.410 e. The number of nitrogens with zero attached hydrogens (tertiary/aromatic N) is 2. The molecule has 0 aliphatic heterocycles. The molecule has 6 nitrogen and oxygen atoms in total. The Kier molecular flexibility index (Phi) is 8.58. The van der Waals surface area contributed by atoms with Crippen LogP contribution >= 0.6 is 0 Å². The van der Waals surface area contributed by atoms with Gasteiger partial charge in [-0.1, -0.05) is 37.3 Å². The lowest BCUT2D eigenvalue weighted by molar-refractivity contribution is -0.124. The van der Waals surface area contributed by atoms with Crippen LogP contribution in [0.5, 0.6) is 0 Å². The Balaban J connectivity index is 2.30. The van der Waals surface area contributed by atoms with Gasteiger partial charge in [0.05, 0.1) is 5.92 Å². The first kappa shape index (κ1) is 22.0. The molecule has 26 heavy (non-hydrogen) atoms. The zero-order valence-electron chi connectivity index (χ0n) is 16.9. The summed E-state index contributed by atoms with van der Waals surface area (Å²) in [6.07, 6.45) is -0.417. The van der Waals surface area contributed by atoms with Gasteiger partial charge in [-0.3, -0.25) is 4.79 Å². The molecule has 1 aromatic rings. The lowest BCUT2D eigenvalue weighted by atomic mass is 10.1. The third-order valence-corrected chi connectivity index (χ3v) is 3.79. The summed E-state index contributed by atoms with van der Waals surface area (Å²) in [5, 5.41) is 2.93. The van der Waals surface area contributed by atoms with Crippen LogP contribution in [0.2, 0.25) is 0 Å². The van der Waals surface area contributed by atoms with Crippen LogP contribution in [0, 0.1) is 5.92 Å². The highest BCUT2D eigenvalue weighted by Gasteiger charge is 2.23. The third-order valence-electron chi connectivity index (χ3n) is 3.79. The largest absolute Gasteiger partial charge is 0.444 e. The van der Waals surface area contributed by atoms with Crippen LogP contribution in [0.25, 0.3) is 0 Å². The molecule has 0 saturated carbocycles. The van der Waals surface area contributed by atoms with E-state index >= 15 is 0 Å². The average molecular weight is 364 g/mol. The monoisotopic (exact) mass is 363 g/mol. The van der Waals surface area contributed by atoms with Gasteiger partial charge in [0.25, 0.3) is 0 Å². The molecule has 1 atom stereocenters. The van der Waals surface area contributed by atoms with Gasteiger partial charge in [-0.15, -0.1) is 0 Å². The van der Waals surface area contributed by atoms with Crippen LogP contribution in [0.4, 0.5) is 4.79 Å². The molecule has 0 aromatic heterocycles. The van der Waals surface area contributed by atoms with Gasteiger partial charge < -0.3 is 19.9 Å². The summed E-state index contributed by atoms with van der Waals surface area (Å²) in [5.41, 5.74) is 0.703. The number of rotatable bonds is 8. The second kappa shape index (κ2) is 10.2. The van der Waals surface area contributed by atoms with Crippen molar-refractivity contribution in [1.29, 1.82) is 0 Å². The van der Waals surface area contributed by atoms with Crippen molar-refractivity contribution in [3.8, 4) is 0 Å². The number of hydrogen-bond acceptors (Lipinski definition) is 4. The van der Waals surface area contributed by atoms with E-state index in [-0.39, 0.29) is 11.8 Å². The van der Waals surface area contributed by atoms with Crippen LogP contribution in [-0.4, -0.2) is 61.1 Å². The molecule has 0 bridgehead atoms. The molecule has 2 amide bonds. The normalized spacial score (nSPS) is 12.6. The topological polar surface area (TPSA) is 61.9 Å². The number of nitrogens with one attached hydrogen (secondary N) is 1. The number of carbonyl (C=O) groups excluding carboxylic acids is 2. The van der Waals surface area contributed by atoms with Crippen LogP contribution in [0.1, 0.15) is 33.3 Å². The number of ether oxygens (including phenoxy) is 1. The third kappa shape index (κ3) is 8.85. The van der Waals surface area contributed by atoms with Crippen molar-refractivity contribution in [2.75, 3.05) is 33.7 Å². The molecule has 0 radical (unpaired) electrons. The van der Waals surface area contributed by atoms with Gasteiger partial charge in [0, 0.05) is 33.2 Å². The minimum atomic E-state index is -0.541. The molecule has 1 N–H and O–H groups in total. The molecule has 0 fully saturated rings. The quantitative estimate of drug-likeness (QED) is 0.771. The van der Waals surface area contributed by atoms with Crippen molar-refractivity contribution in [3.05, 3.63) is 35.9 Å². The fourth-order valence-corrected chi connectivity index (χ4v) is 2.43. The molecule has 0 aliphatic rings. The molecule has 0 saturated heterocycles. The van der Waals surface area contributed by atoms with Gasteiger partial charge in [-0.2, -0.15) is 0 Å². The van der Waals surface area contributed by atoms with E-state index in [1.165, 1.54) is 10.5 Å². The van der Waals surface area contributed by atoms with E-state index in [0.717, 1.165) is 13.1 Å².